The lowest BCUT2D eigenvalue weighted by Crippen LogP contribution is -2.53. The molecule has 42 heavy (non-hydrogen) atoms. The smallest absolute Gasteiger partial charge is 0.300 e. The van der Waals surface area contributed by atoms with Crippen LogP contribution in [-0.4, -0.2) is 88.0 Å². The maximum atomic E-state index is 13.0. The molecule has 0 bridgehead atoms. The zero-order valence-electron chi connectivity index (χ0n) is 24.0. The second-order valence-corrected chi connectivity index (χ2v) is 9.27. The van der Waals surface area contributed by atoms with Crippen molar-refractivity contribution in [1.29, 1.82) is 0 Å². The number of likely N-dealkylation sites (N-methyl/N-ethyl adjacent to an activating group) is 1. The SMILES string of the molecule is CC(=O)O.CCN(CCc1ccccn1)C(=O)CNC(=O)[C@@H](CCCN=C(N)N)NC(=O)[C@@H](N)Cc1ccc(O)cc1. The molecule has 2 atom stereocenters. The molecule has 0 aliphatic carbocycles. The van der Waals surface area contributed by atoms with Crippen LogP contribution in [0.1, 0.15) is 37.9 Å². The predicted molar refractivity (Wildman–Crippen MR) is 158 cm³/mol. The molecule has 2 aromatic rings. The largest absolute Gasteiger partial charge is 0.508 e. The molecule has 0 saturated carbocycles. The molecule has 2 rings (SSSR count). The zero-order valence-corrected chi connectivity index (χ0v) is 24.0. The van der Waals surface area contributed by atoms with Crippen molar-refractivity contribution in [2.45, 2.75) is 51.6 Å². The minimum atomic E-state index is -0.932. The number of aliphatic carboxylic acids is 1. The number of nitrogens with one attached hydrogen (secondary N) is 2. The zero-order chi connectivity index (χ0) is 31.5. The molecule has 0 radical (unpaired) electrons. The summed E-state index contributed by atoms with van der Waals surface area (Å²) in [5, 5.41) is 22.2. The summed E-state index contributed by atoms with van der Waals surface area (Å²) < 4.78 is 0. The van der Waals surface area contributed by atoms with Gasteiger partial charge in [-0.1, -0.05) is 18.2 Å². The Hall–Kier alpha value is -4.72. The minimum Gasteiger partial charge on any atom is -0.508 e. The van der Waals surface area contributed by atoms with Crippen molar-refractivity contribution in [1.82, 2.24) is 20.5 Å². The van der Waals surface area contributed by atoms with Crippen molar-refractivity contribution in [2.24, 2.45) is 22.2 Å². The van der Waals surface area contributed by atoms with E-state index in [-0.39, 0.29) is 43.5 Å². The van der Waals surface area contributed by atoms with Crippen LogP contribution in [0.25, 0.3) is 0 Å². The highest BCUT2D eigenvalue weighted by atomic mass is 16.4. The van der Waals surface area contributed by atoms with Crippen LogP contribution < -0.4 is 27.8 Å². The van der Waals surface area contributed by atoms with E-state index >= 15 is 0 Å². The van der Waals surface area contributed by atoms with Crippen LogP contribution in [0, 0.1) is 0 Å². The van der Waals surface area contributed by atoms with Gasteiger partial charge in [-0.15, -0.1) is 0 Å². The third kappa shape index (κ3) is 15.2. The third-order valence-corrected chi connectivity index (χ3v) is 5.82. The van der Waals surface area contributed by atoms with Gasteiger partial charge in [0.1, 0.15) is 11.8 Å². The van der Waals surface area contributed by atoms with Gasteiger partial charge in [0.2, 0.25) is 17.7 Å². The van der Waals surface area contributed by atoms with E-state index in [1.54, 1.807) is 23.2 Å². The standard InChI is InChI=1S/C26H38N8O4.C2H4O2/c1-2-34(15-12-19-6-3-4-13-30-19)23(36)17-32-25(38)22(7-5-14-31-26(28)29)33-24(37)21(27)16-18-8-10-20(35)11-9-18;1-2(3)4/h3-4,6,8-11,13,21-22,35H,2,5,7,12,14-17,27H2,1H3,(H,32,38)(H,33,37)(H4,28,29,31);1H3,(H,3,4)/t21-,22+;/m0./s1. The molecule has 14 nitrogen and oxygen atoms in total. The van der Waals surface area contributed by atoms with Crippen molar-refractivity contribution in [3.63, 3.8) is 0 Å². The molecule has 3 amide bonds. The van der Waals surface area contributed by atoms with Gasteiger partial charge in [-0.25, -0.2) is 0 Å². The van der Waals surface area contributed by atoms with E-state index < -0.39 is 29.9 Å². The first-order chi connectivity index (χ1) is 19.9. The molecule has 1 aromatic heterocycles. The molecule has 0 fully saturated rings. The van der Waals surface area contributed by atoms with Gasteiger partial charge in [0.25, 0.3) is 5.97 Å². The number of aliphatic imine (C=N–C) groups is 1. The first kappa shape index (κ1) is 35.3. The molecule has 10 N–H and O–H groups in total. The molecule has 0 unspecified atom stereocenters. The van der Waals surface area contributed by atoms with E-state index in [2.05, 4.69) is 20.6 Å². The topological polar surface area (TPSA) is 239 Å². The Kier molecular flexibility index (Phi) is 16.3. The number of phenols is 1. The summed E-state index contributed by atoms with van der Waals surface area (Å²) in [7, 11) is 0. The van der Waals surface area contributed by atoms with Gasteiger partial charge in [-0.05, 0) is 56.0 Å². The van der Waals surface area contributed by atoms with Gasteiger partial charge in [-0.3, -0.25) is 29.2 Å². The number of pyridine rings is 1. The molecule has 0 saturated heterocycles. The molecule has 230 valence electrons. The van der Waals surface area contributed by atoms with Crippen LogP contribution >= 0.6 is 0 Å². The Labute approximate surface area is 245 Å². The normalized spacial score (nSPS) is 11.6. The Morgan fingerprint density at radius 2 is 1.74 bits per heavy atom. The van der Waals surface area contributed by atoms with Crippen LogP contribution in [0.3, 0.4) is 0 Å². The van der Waals surface area contributed by atoms with E-state index in [0.29, 0.717) is 25.9 Å². The molecule has 14 heteroatoms. The summed E-state index contributed by atoms with van der Waals surface area (Å²) in [6.45, 7) is 3.95. The van der Waals surface area contributed by atoms with Gasteiger partial charge < -0.3 is 42.9 Å². The number of phenolic OH excluding ortho intramolecular Hbond substituents is 1. The Bertz CT molecular complexity index is 1150. The number of hydrogen-bond donors (Lipinski definition) is 7. The predicted octanol–water partition coefficient (Wildman–Crippen LogP) is -0.506. The van der Waals surface area contributed by atoms with Crippen molar-refractivity contribution >= 4 is 29.7 Å². The molecule has 0 spiro atoms. The monoisotopic (exact) mass is 586 g/mol. The van der Waals surface area contributed by atoms with Crippen molar-refractivity contribution in [3.05, 3.63) is 59.9 Å². The first-order valence-electron chi connectivity index (χ1n) is 13.5. The third-order valence-electron chi connectivity index (χ3n) is 5.82. The maximum Gasteiger partial charge on any atom is 0.300 e. The van der Waals surface area contributed by atoms with E-state index in [0.717, 1.165) is 18.2 Å². The summed E-state index contributed by atoms with van der Waals surface area (Å²) in [6.07, 6.45) is 3.17. The van der Waals surface area contributed by atoms with E-state index in [4.69, 9.17) is 27.1 Å². The number of guanidine groups is 1. The molecule has 0 aliphatic rings. The second kappa shape index (κ2) is 19.4. The highest BCUT2D eigenvalue weighted by molar-refractivity contribution is 5.91. The first-order valence-corrected chi connectivity index (χ1v) is 13.5. The van der Waals surface area contributed by atoms with Gasteiger partial charge in [0, 0.05) is 44.9 Å². The molecular formula is C28H42N8O6. The number of carbonyl (C=O) groups excluding carboxylic acids is 3. The summed E-state index contributed by atoms with van der Waals surface area (Å²) in [4.78, 5) is 57.3. The van der Waals surface area contributed by atoms with Gasteiger partial charge in [0.15, 0.2) is 5.96 Å². The fraction of sp³-hybridized carbons (Fsp3) is 0.429. The molecular weight excluding hydrogens is 544 g/mol. The average Bonchev–Trinajstić information content (AvgIpc) is 2.94. The fourth-order valence-electron chi connectivity index (χ4n) is 3.68. The van der Waals surface area contributed by atoms with Crippen molar-refractivity contribution in [3.8, 4) is 5.75 Å². The Morgan fingerprint density at radius 3 is 2.31 bits per heavy atom. The Morgan fingerprint density at radius 1 is 1.07 bits per heavy atom. The van der Waals surface area contributed by atoms with Crippen LogP contribution in [-0.2, 0) is 32.0 Å². The van der Waals surface area contributed by atoms with E-state index in [1.807, 2.05) is 25.1 Å². The van der Waals surface area contributed by atoms with Crippen LogP contribution in [0.4, 0.5) is 0 Å². The number of nitrogens with zero attached hydrogens (tertiary/aromatic N) is 3. The van der Waals surface area contributed by atoms with Crippen LogP contribution in [0.2, 0.25) is 0 Å². The molecule has 1 heterocycles. The van der Waals surface area contributed by atoms with E-state index in [9.17, 15) is 19.5 Å². The van der Waals surface area contributed by atoms with E-state index in [1.165, 1.54) is 12.1 Å². The summed E-state index contributed by atoms with van der Waals surface area (Å²) >= 11 is 0. The number of rotatable bonds is 15. The minimum absolute atomic E-state index is 0.0677. The maximum absolute atomic E-state index is 13.0. The quantitative estimate of drug-likeness (QED) is 0.0801. The average molecular weight is 587 g/mol. The van der Waals surface area contributed by atoms with Crippen molar-refractivity contribution in [2.75, 3.05) is 26.2 Å². The van der Waals surface area contributed by atoms with Gasteiger partial charge >= 0.3 is 0 Å². The number of aromatic nitrogens is 1. The number of carboxylic acid groups (broad SMARTS) is 1. The summed E-state index contributed by atoms with van der Waals surface area (Å²) in [5.74, 6) is -2.06. The number of aromatic hydroxyl groups is 1. The number of amides is 3. The fourth-order valence-corrected chi connectivity index (χ4v) is 3.68. The highest BCUT2D eigenvalue weighted by Crippen LogP contribution is 2.11. The lowest BCUT2D eigenvalue weighted by atomic mass is 10.0. The molecule has 1 aromatic carbocycles. The van der Waals surface area contributed by atoms with Gasteiger partial charge in [-0.2, -0.15) is 0 Å². The second-order valence-electron chi connectivity index (χ2n) is 9.27. The number of carboxylic acids is 1. The number of carbonyl (C=O) groups is 4. The summed E-state index contributed by atoms with van der Waals surface area (Å²) in [6, 6.07) is 10.1. The number of hydrogen-bond acceptors (Lipinski definition) is 8. The lowest BCUT2D eigenvalue weighted by Gasteiger charge is -2.23. The molecule has 0 aliphatic heterocycles. The van der Waals surface area contributed by atoms with Crippen LogP contribution in [0.5, 0.6) is 5.75 Å². The number of nitrogens with two attached hydrogens (primary N) is 3. The summed E-state index contributed by atoms with van der Waals surface area (Å²) in [5.41, 5.74) is 18.4. The van der Waals surface area contributed by atoms with Crippen molar-refractivity contribution < 1.29 is 29.4 Å². The number of benzene rings is 1. The highest BCUT2D eigenvalue weighted by Gasteiger charge is 2.24. The van der Waals surface area contributed by atoms with Gasteiger partial charge in [0.05, 0.1) is 12.6 Å². The lowest BCUT2D eigenvalue weighted by molar-refractivity contribution is -0.134. The van der Waals surface area contributed by atoms with Crippen LogP contribution in [0.15, 0.2) is 53.7 Å². The Balaban J connectivity index is 0.00000206.